The topological polar surface area (TPSA) is 62.0 Å². The van der Waals surface area contributed by atoms with Gasteiger partial charge in [0.1, 0.15) is 11.6 Å². The number of fused-ring (bicyclic) bond motifs is 1. The zero-order valence-corrected chi connectivity index (χ0v) is 23.4. The standard InChI is InChI=1S/C35H33FN4O/c1-23-10-12-26(13-11-23)33(37)30-15-14-28(20-24(30)2)35(41)39-18-16-27(17-19-39)34-38-31-8-3-4-9-32(31)40(34)22-25-6-5-7-29(36)21-25/h3-15,20-21,27,37H,16-19,22H2,1-2H3. The summed E-state index contributed by atoms with van der Waals surface area (Å²) >= 11 is 0. The van der Waals surface area contributed by atoms with Gasteiger partial charge in [0.25, 0.3) is 5.91 Å². The van der Waals surface area contributed by atoms with Crippen LogP contribution in [-0.4, -0.2) is 39.2 Å². The fraction of sp³-hybridized carbons (Fsp3) is 0.229. The number of aryl methyl sites for hydroxylation is 2. The van der Waals surface area contributed by atoms with Gasteiger partial charge in [0.2, 0.25) is 0 Å². The number of nitrogens with zero attached hydrogens (tertiary/aromatic N) is 3. The molecule has 1 aliphatic rings. The molecule has 6 heteroatoms. The first-order valence-corrected chi connectivity index (χ1v) is 14.1. The summed E-state index contributed by atoms with van der Waals surface area (Å²) in [5.41, 5.74) is 7.76. The predicted octanol–water partition coefficient (Wildman–Crippen LogP) is 7.28. The maximum absolute atomic E-state index is 13.9. The van der Waals surface area contributed by atoms with Gasteiger partial charge in [0, 0.05) is 42.2 Å². The lowest BCUT2D eigenvalue weighted by Crippen LogP contribution is -2.38. The molecule has 0 spiro atoms. The van der Waals surface area contributed by atoms with Crippen molar-refractivity contribution in [1.29, 1.82) is 5.41 Å². The third kappa shape index (κ3) is 5.42. The Bertz CT molecular complexity index is 1750. The van der Waals surface area contributed by atoms with Crippen molar-refractivity contribution >= 4 is 22.7 Å². The van der Waals surface area contributed by atoms with Crippen LogP contribution in [0.1, 0.15) is 62.8 Å². The normalized spacial score (nSPS) is 14.0. The molecule has 1 saturated heterocycles. The molecule has 0 unspecified atom stereocenters. The number of nitrogens with one attached hydrogen (secondary N) is 1. The molecule has 0 radical (unpaired) electrons. The number of aromatic nitrogens is 2. The van der Waals surface area contributed by atoms with Crippen LogP contribution in [0.3, 0.4) is 0 Å². The van der Waals surface area contributed by atoms with Crippen molar-refractivity contribution in [3.63, 3.8) is 0 Å². The van der Waals surface area contributed by atoms with E-state index in [2.05, 4.69) is 10.6 Å². The first-order valence-electron chi connectivity index (χ1n) is 14.1. The van der Waals surface area contributed by atoms with E-state index >= 15 is 0 Å². The van der Waals surface area contributed by atoms with Gasteiger partial charge in [-0.05, 0) is 74.2 Å². The van der Waals surface area contributed by atoms with E-state index in [-0.39, 0.29) is 17.6 Å². The first kappa shape index (κ1) is 26.6. The maximum atomic E-state index is 13.9. The number of carbonyl (C=O) groups excluding carboxylic acids is 1. The van der Waals surface area contributed by atoms with E-state index in [4.69, 9.17) is 10.4 Å². The second kappa shape index (κ2) is 11.1. The molecule has 0 saturated carbocycles. The van der Waals surface area contributed by atoms with Crippen LogP contribution in [0.5, 0.6) is 0 Å². The molecule has 41 heavy (non-hydrogen) atoms. The number of para-hydroxylation sites is 2. The van der Waals surface area contributed by atoms with E-state index < -0.39 is 0 Å². The Balaban J connectivity index is 1.18. The number of benzene rings is 4. The molecule has 206 valence electrons. The van der Waals surface area contributed by atoms with Crippen LogP contribution in [0.15, 0.2) is 91.0 Å². The molecular formula is C35H33FN4O. The minimum absolute atomic E-state index is 0.0215. The lowest BCUT2D eigenvalue weighted by Gasteiger charge is -2.32. The molecule has 0 aliphatic carbocycles. The van der Waals surface area contributed by atoms with Crippen LogP contribution in [0, 0.1) is 25.1 Å². The quantitative estimate of drug-likeness (QED) is 0.228. The number of piperidine rings is 1. The van der Waals surface area contributed by atoms with Crippen LogP contribution in [0.4, 0.5) is 4.39 Å². The Morgan fingerprint density at radius 2 is 1.63 bits per heavy atom. The van der Waals surface area contributed by atoms with Crippen LogP contribution in [0.2, 0.25) is 0 Å². The predicted molar refractivity (Wildman–Crippen MR) is 161 cm³/mol. The van der Waals surface area contributed by atoms with Crippen molar-refractivity contribution in [3.8, 4) is 0 Å². The molecule has 5 nitrogen and oxygen atoms in total. The summed E-state index contributed by atoms with van der Waals surface area (Å²) in [5, 5.41) is 8.68. The number of hydrogen-bond acceptors (Lipinski definition) is 3. The third-order valence-electron chi connectivity index (χ3n) is 8.14. The van der Waals surface area contributed by atoms with Crippen molar-refractivity contribution in [2.75, 3.05) is 13.1 Å². The Labute approximate surface area is 239 Å². The van der Waals surface area contributed by atoms with E-state index in [0.29, 0.717) is 30.9 Å². The largest absolute Gasteiger partial charge is 0.339 e. The molecule has 4 aromatic carbocycles. The van der Waals surface area contributed by atoms with Gasteiger partial charge in [0.15, 0.2) is 0 Å². The number of imidazole rings is 1. The SMILES string of the molecule is Cc1ccc(C(=N)c2ccc(C(=O)N3CCC(c4nc5ccccc5n4Cc4cccc(F)c4)CC3)cc2C)cc1. The van der Waals surface area contributed by atoms with Crippen LogP contribution in [0.25, 0.3) is 11.0 Å². The molecule has 1 N–H and O–H groups in total. The smallest absolute Gasteiger partial charge is 0.253 e. The molecule has 0 atom stereocenters. The fourth-order valence-electron chi connectivity index (χ4n) is 5.87. The summed E-state index contributed by atoms with van der Waals surface area (Å²) in [7, 11) is 0. The van der Waals surface area contributed by atoms with Crippen molar-refractivity contribution < 1.29 is 9.18 Å². The van der Waals surface area contributed by atoms with Gasteiger partial charge in [-0.15, -0.1) is 0 Å². The maximum Gasteiger partial charge on any atom is 0.253 e. The summed E-state index contributed by atoms with van der Waals surface area (Å²) in [5.74, 6) is 0.986. The lowest BCUT2D eigenvalue weighted by molar-refractivity contribution is 0.0710. The minimum atomic E-state index is -0.240. The summed E-state index contributed by atoms with van der Waals surface area (Å²) < 4.78 is 16.1. The van der Waals surface area contributed by atoms with E-state index in [1.165, 1.54) is 6.07 Å². The molecule has 1 fully saturated rings. The van der Waals surface area contributed by atoms with Crippen molar-refractivity contribution in [2.45, 2.75) is 39.2 Å². The average molecular weight is 545 g/mol. The van der Waals surface area contributed by atoms with Crippen molar-refractivity contribution in [1.82, 2.24) is 14.5 Å². The second-order valence-corrected chi connectivity index (χ2v) is 11.0. The number of hydrogen-bond donors (Lipinski definition) is 1. The van der Waals surface area contributed by atoms with Crippen LogP contribution < -0.4 is 0 Å². The molecule has 0 bridgehead atoms. The zero-order valence-electron chi connectivity index (χ0n) is 23.4. The Morgan fingerprint density at radius 1 is 0.902 bits per heavy atom. The van der Waals surface area contributed by atoms with Gasteiger partial charge in [-0.25, -0.2) is 9.37 Å². The summed E-state index contributed by atoms with van der Waals surface area (Å²) in [6, 6.07) is 28.4. The van der Waals surface area contributed by atoms with E-state index in [0.717, 1.165) is 57.5 Å². The first-order chi connectivity index (χ1) is 19.9. The lowest BCUT2D eigenvalue weighted by atomic mass is 9.94. The summed E-state index contributed by atoms with van der Waals surface area (Å²) in [6.45, 7) is 5.84. The molecule has 5 aromatic rings. The highest BCUT2D eigenvalue weighted by molar-refractivity contribution is 6.12. The Morgan fingerprint density at radius 3 is 2.37 bits per heavy atom. The Hall–Kier alpha value is -4.58. The van der Waals surface area contributed by atoms with Gasteiger partial charge in [-0.2, -0.15) is 0 Å². The fourth-order valence-corrected chi connectivity index (χ4v) is 5.87. The van der Waals surface area contributed by atoms with Gasteiger partial charge >= 0.3 is 0 Å². The summed E-state index contributed by atoms with van der Waals surface area (Å²) in [4.78, 5) is 20.4. The van der Waals surface area contributed by atoms with E-state index in [9.17, 15) is 9.18 Å². The zero-order chi connectivity index (χ0) is 28.5. The van der Waals surface area contributed by atoms with E-state index in [1.807, 2.05) is 85.5 Å². The number of rotatable bonds is 6. The number of carbonyl (C=O) groups is 1. The number of amides is 1. The molecule has 1 aromatic heterocycles. The molecule has 6 rings (SSSR count). The minimum Gasteiger partial charge on any atom is -0.339 e. The third-order valence-corrected chi connectivity index (χ3v) is 8.14. The molecular weight excluding hydrogens is 511 g/mol. The summed E-state index contributed by atoms with van der Waals surface area (Å²) in [6.07, 6.45) is 1.63. The number of halogens is 1. The number of likely N-dealkylation sites (tertiary alicyclic amines) is 1. The average Bonchev–Trinajstić information content (AvgIpc) is 3.35. The molecule has 1 amide bonds. The van der Waals surface area contributed by atoms with Gasteiger partial charge in [0.05, 0.1) is 16.7 Å². The van der Waals surface area contributed by atoms with Gasteiger partial charge < -0.3 is 9.47 Å². The Kier molecular flexibility index (Phi) is 7.23. The second-order valence-electron chi connectivity index (χ2n) is 11.0. The van der Waals surface area contributed by atoms with E-state index in [1.54, 1.807) is 12.1 Å². The van der Waals surface area contributed by atoms with Crippen molar-refractivity contribution in [3.05, 3.63) is 136 Å². The van der Waals surface area contributed by atoms with Crippen LogP contribution in [-0.2, 0) is 6.54 Å². The van der Waals surface area contributed by atoms with Crippen LogP contribution >= 0.6 is 0 Å². The highest BCUT2D eigenvalue weighted by Crippen LogP contribution is 2.32. The highest BCUT2D eigenvalue weighted by Gasteiger charge is 2.28. The molecule has 1 aliphatic heterocycles. The monoisotopic (exact) mass is 544 g/mol. The van der Waals surface area contributed by atoms with Gasteiger partial charge in [-0.3, -0.25) is 10.2 Å². The van der Waals surface area contributed by atoms with Gasteiger partial charge in [-0.1, -0.05) is 60.2 Å². The van der Waals surface area contributed by atoms with Crippen molar-refractivity contribution in [2.24, 2.45) is 0 Å². The highest BCUT2D eigenvalue weighted by atomic mass is 19.1. The molecule has 2 heterocycles.